The fraction of sp³-hybridized carbons (Fsp3) is 1.00. The molecular weight excluding hydrogens is 140 g/mol. The Kier molecular flexibility index (Phi) is 5.00. The van der Waals surface area contributed by atoms with Gasteiger partial charge in [-0.05, 0) is 19.3 Å². The van der Waals surface area contributed by atoms with Crippen LogP contribution in [0.3, 0.4) is 0 Å². The molecule has 0 radical (unpaired) electrons. The third-order valence-corrected chi connectivity index (χ3v) is 3.28. The summed E-state index contributed by atoms with van der Waals surface area (Å²) in [6.07, 6.45) is 3.50. The monoisotopic (exact) mass is 160 g/mol. The SMILES string of the molecule is CCC(CC)(CC)O[SiH2]C. The first-order chi connectivity index (χ1) is 4.74. The van der Waals surface area contributed by atoms with Crippen LogP contribution in [0.1, 0.15) is 40.0 Å². The van der Waals surface area contributed by atoms with Crippen molar-refractivity contribution >= 4 is 9.76 Å². The van der Waals surface area contributed by atoms with E-state index in [0.29, 0.717) is 0 Å². The van der Waals surface area contributed by atoms with E-state index in [1.54, 1.807) is 0 Å². The first-order valence-corrected chi connectivity index (χ1v) is 6.37. The van der Waals surface area contributed by atoms with Gasteiger partial charge in [0.15, 0.2) is 9.76 Å². The predicted molar refractivity (Wildman–Crippen MR) is 49.1 cm³/mol. The third-order valence-electron chi connectivity index (χ3n) is 2.38. The molecule has 62 valence electrons. The fourth-order valence-electron chi connectivity index (χ4n) is 1.36. The second-order valence-corrected chi connectivity index (χ2v) is 3.54. The minimum atomic E-state index is -0.223. The van der Waals surface area contributed by atoms with Crippen LogP contribution >= 0.6 is 0 Å². The zero-order valence-corrected chi connectivity index (χ0v) is 9.15. The highest BCUT2D eigenvalue weighted by Gasteiger charge is 2.22. The van der Waals surface area contributed by atoms with Gasteiger partial charge in [-0.25, -0.2) is 0 Å². The fourth-order valence-corrected chi connectivity index (χ4v) is 2.59. The van der Waals surface area contributed by atoms with Gasteiger partial charge in [0.05, 0.1) is 5.60 Å². The Bertz CT molecular complexity index is 71.1. The molecule has 2 heteroatoms. The summed E-state index contributed by atoms with van der Waals surface area (Å²) in [7, 11) is -0.223. The minimum absolute atomic E-state index is 0.223. The van der Waals surface area contributed by atoms with Gasteiger partial charge in [-0.3, -0.25) is 0 Å². The van der Waals surface area contributed by atoms with Crippen molar-refractivity contribution in [2.45, 2.75) is 52.2 Å². The molecule has 0 bridgehead atoms. The molecule has 0 amide bonds. The maximum Gasteiger partial charge on any atom is 0.159 e. The summed E-state index contributed by atoms with van der Waals surface area (Å²) in [6, 6.07) is 0. The van der Waals surface area contributed by atoms with Crippen molar-refractivity contribution in [1.82, 2.24) is 0 Å². The van der Waals surface area contributed by atoms with Gasteiger partial charge in [-0.15, -0.1) is 0 Å². The molecule has 0 fully saturated rings. The van der Waals surface area contributed by atoms with Crippen LogP contribution in [0.2, 0.25) is 6.55 Å². The van der Waals surface area contributed by atoms with Gasteiger partial charge in [0, 0.05) is 0 Å². The maximum atomic E-state index is 5.82. The smallest absolute Gasteiger partial charge is 0.159 e. The van der Waals surface area contributed by atoms with Gasteiger partial charge >= 0.3 is 0 Å². The van der Waals surface area contributed by atoms with Crippen molar-refractivity contribution in [3.05, 3.63) is 0 Å². The van der Waals surface area contributed by atoms with Crippen LogP contribution in [0.5, 0.6) is 0 Å². The Labute approximate surface area is 67.1 Å². The topological polar surface area (TPSA) is 9.23 Å². The highest BCUT2D eigenvalue weighted by Crippen LogP contribution is 2.23. The average Bonchev–Trinajstić information content (AvgIpc) is 2.01. The Morgan fingerprint density at radius 2 is 1.50 bits per heavy atom. The number of rotatable bonds is 5. The summed E-state index contributed by atoms with van der Waals surface area (Å²) in [5.41, 5.74) is 0.237. The Balaban J connectivity index is 3.87. The van der Waals surface area contributed by atoms with E-state index in [0.717, 1.165) is 0 Å². The van der Waals surface area contributed by atoms with Crippen LogP contribution in [-0.4, -0.2) is 15.4 Å². The molecule has 0 aliphatic rings. The van der Waals surface area contributed by atoms with Crippen LogP contribution in [-0.2, 0) is 4.43 Å². The van der Waals surface area contributed by atoms with Crippen LogP contribution in [0, 0.1) is 0 Å². The molecule has 0 aromatic carbocycles. The van der Waals surface area contributed by atoms with Crippen LogP contribution in [0.15, 0.2) is 0 Å². The van der Waals surface area contributed by atoms with E-state index in [4.69, 9.17) is 4.43 Å². The Hall–Kier alpha value is 0.177. The molecule has 0 rings (SSSR count). The largest absolute Gasteiger partial charge is 0.419 e. The lowest BCUT2D eigenvalue weighted by Crippen LogP contribution is -2.30. The lowest BCUT2D eigenvalue weighted by atomic mass is 9.95. The van der Waals surface area contributed by atoms with Gasteiger partial charge in [-0.1, -0.05) is 27.3 Å². The zero-order valence-electron chi connectivity index (χ0n) is 7.74. The van der Waals surface area contributed by atoms with E-state index in [-0.39, 0.29) is 15.4 Å². The minimum Gasteiger partial charge on any atom is -0.419 e. The molecule has 0 spiro atoms. The van der Waals surface area contributed by atoms with Gasteiger partial charge in [0.1, 0.15) is 0 Å². The average molecular weight is 160 g/mol. The molecule has 0 heterocycles. The van der Waals surface area contributed by atoms with E-state index in [9.17, 15) is 0 Å². The van der Waals surface area contributed by atoms with Crippen LogP contribution in [0.25, 0.3) is 0 Å². The van der Waals surface area contributed by atoms with Crippen molar-refractivity contribution in [2.24, 2.45) is 0 Å². The Morgan fingerprint density at radius 3 is 1.60 bits per heavy atom. The molecule has 0 saturated heterocycles. The van der Waals surface area contributed by atoms with Crippen molar-refractivity contribution in [2.75, 3.05) is 0 Å². The molecule has 0 unspecified atom stereocenters. The van der Waals surface area contributed by atoms with Gasteiger partial charge in [-0.2, -0.15) is 0 Å². The highest BCUT2D eigenvalue weighted by molar-refractivity contribution is 6.25. The Morgan fingerprint density at radius 1 is 1.10 bits per heavy atom. The summed E-state index contributed by atoms with van der Waals surface area (Å²) >= 11 is 0. The summed E-state index contributed by atoms with van der Waals surface area (Å²) < 4.78 is 5.82. The van der Waals surface area contributed by atoms with Crippen molar-refractivity contribution in [3.8, 4) is 0 Å². The molecule has 0 aliphatic heterocycles. The zero-order chi connectivity index (χ0) is 8.04. The number of hydrogen-bond acceptors (Lipinski definition) is 1. The van der Waals surface area contributed by atoms with Crippen molar-refractivity contribution < 1.29 is 4.43 Å². The van der Waals surface area contributed by atoms with Crippen LogP contribution in [0.4, 0.5) is 0 Å². The lowest BCUT2D eigenvalue weighted by Gasteiger charge is -2.30. The molecule has 0 aliphatic carbocycles. The van der Waals surface area contributed by atoms with E-state index in [2.05, 4.69) is 27.3 Å². The first kappa shape index (κ1) is 10.2. The van der Waals surface area contributed by atoms with Crippen LogP contribution < -0.4 is 0 Å². The summed E-state index contributed by atoms with van der Waals surface area (Å²) in [6.45, 7) is 8.86. The summed E-state index contributed by atoms with van der Waals surface area (Å²) in [4.78, 5) is 0. The quantitative estimate of drug-likeness (QED) is 0.560. The second-order valence-electron chi connectivity index (χ2n) is 2.68. The van der Waals surface area contributed by atoms with Crippen molar-refractivity contribution in [1.29, 1.82) is 0 Å². The molecular formula is C8H20OSi. The highest BCUT2D eigenvalue weighted by atomic mass is 28.2. The van der Waals surface area contributed by atoms with Crippen molar-refractivity contribution in [3.63, 3.8) is 0 Å². The molecule has 10 heavy (non-hydrogen) atoms. The van der Waals surface area contributed by atoms with Gasteiger partial charge < -0.3 is 4.43 Å². The van der Waals surface area contributed by atoms with Gasteiger partial charge in [0.2, 0.25) is 0 Å². The molecule has 1 nitrogen and oxygen atoms in total. The third kappa shape index (κ3) is 2.43. The normalized spacial score (nSPS) is 13.2. The first-order valence-electron chi connectivity index (χ1n) is 4.38. The summed E-state index contributed by atoms with van der Waals surface area (Å²) in [5.74, 6) is 0. The molecule has 0 saturated carbocycles. The molecule has 0 aromatic rings. The van der Waals surface area contributed by atoms with E-state index < -0.39 is 0 Å². The van der Waals surface area contributed by atoms with E-state index in [1.807, 2.05) is 0 Å². The predicted octanol–water partition coefficient (Wildman–Crippen LogP) is 2.10. The number of hydrogen-bond donors (Lipinski definition) is 0. The van der Waals surface area contributed by atoms with E-state index >= 15 is 0 Å². The maximum absolute atomic E-state index is 5.82. The standard InChI is InChI=1S/C8H20OSi/c1-5-8(6-2,7-3)9-10-4/h5-7,10H2,1-4H3. The molecule has 0 aromatic heterocycles. The van der Waals surface area contributed by atoms with E-state index in [1.165, 1.54) is 19.3 Å². The summed E-state index contributed by atoms with van der Waals surface area (Å²) in [5, 5.41) is 0. The lowest BCUT2D eigenvalue weighted by molar-refractivity contribution is 0.0615. The molecule has 0 N–H and O–H groups in total. The van der Waals surface area contributed by atoms with Gasteiger partial charge in [0.25, 0.3) is 0 Å². The molecule has 0 atom stereocenters. The second kappa shape index (κ2) is 4.91.